The summed E-state index contributed by atoms with van der Waals surface area (Å²) in [7, 11) is 0. The minimum absolute atomic E-state index is 0.393. The predicted octanol–water partition coefficient (Wildman–Crippen LogP) is 7.98. The molecule has 0 aliphatic carbocycles. The largest absolute Gasteiger partial charge is 0.298 e. The molecular weight excluding hydrogens is 290 g/mol. The van der Waals surface area contributed by atoms with Crippen LogP contribution in [0.3, 0.4) is 0 Å². The lowest BCUT2D eigenvalue weighted by Gasteiger charge is -2.39. The van der Waals surface area contributed by atoms with Gasteiger partial charge in [0.05, 0.1) is 0 Å². The molecule has 146 valence electrons. The lowest BCUT2D eigenvalue weighted by atomic mass is 9.93. The standard InChI is InChI=1S/C23H49N/c1-6-9-12-13-14-15-16-17-18-19-20-23(4,5)24(21-10-7-2)22-11-8-3/h6-22H2,1-5H3. The van der Waals surface area contributed by atoms with E-state index >= 15 is 0 Å². The topological polar surface area (TPSA) is 3.24 Å². The maximum atomic E-state index is 2.77. The van der Waals surface area contributed by atoms with Crippen molar-refractivity contribution >= 4 is 0 Å². The zero-order valence-corrected chi connectivity index (χ0v) is 18.0. The van der Waals surface area contributed by atoms with Crippen molar-refractivity contribution in [2.24, 2.45) is 0 Å². The molecule has 0 amide bonds. The second-order valence-corrected chi connectivity index (χ2v) is 8.44. The fraction of sp³-hybridized carbons (Fsp3) is 1.00. The fourth-order valence-electron chi connectivity index (χ4n) is 3.62. The molecule has 24 heavy (non-hydrogen) atoms. The van der Waals surface area contributed by atoms with Crippen molar-refractivity contribution in [3.63, 3.8) is 0 Å². The maximum absolute atomic E-state index is 2.77. The Morgan fingerprint density at radius 2 is 0.875 bits per heavy atom. The van der Waals surface area contributed by atoms with E-state index in [0.29, 0.717) is 5.54 Å². The van der Waals surface area contributed by atoms with Crippen molar-refractivity contribution in [2.45, 2.75) is 136 Å². The third-order valence-corrected chi connectivity index (χ3v) is 5.56. The highest BCUT2D eigenvalue weighted by Gasteiger charge is 2.24. The van der Waals surface area contributed by atoms with Gasteiger partial charge in [-0.3, -0.25) is 4.90 Å². The summed E-state index contributed by atoms with van der Waals surface area (Å²) in [5.41, 5.74) is 0.393. The number of nitrogens with zero attached hydrogens (tertiary/aromatic N) is 1. The highest BCUT2D eigenvalue weighted by Crippen LogP contribution is 2.24. The van der Waals surface area contributed by atoms with Gasteiger partial charge in [0.15, 0.2) is 0 Å². The molecule has 0 atom stereocenters. The average molecular weight is 340 g/mol. The van der Waals surface area contributed by atoms with Gasteiger partial charge in [-0.25, -0.2) is 0 Å². The molecule has 0 saturated carbocycles. The first-order chi connectivity index (χ1) is 11.6. The van der Waals surface area contributed by atoms with Crippen molar-refractivity contribution in [1.82, 2.24) is 4.90 Å². The number of hydrogen-bond donors (Lipinski definition) is 0. The highest BCUT2D eigenvalue weighted by atomic mass is 15.2. The molecule has 0 aromatic rings. The van der Waals surface area contributed by atoms with Crippen molar-refractivity contribution in [3.05, 3.63) is 0 Å². The molecule has 0 aromatic carbocycles. The summed E-state index contributed by atoms with van der Waals surface area (Å²) in [6, 6.07) is 0. The third kappa shape index (κ3) is 13.3. The molecule has 0 spiro atoms. The predicted molar refractivity (Wildman–Crippen MR) is 112 cm³/mol. The molecule has 0 rings (SSSR count). The summed E-state index contributed by atoms with van der Waals surface area (Å²) in [5.74, 6) is 0. The Morgan fingerprint density at radius 3 is 1.29 bits per heavy atom. The van der Waals surface area contributed by atoms with Crippen molar-refractivity contribution in [3.8, 4) is 0 Å². The van der Waals surface area contributed by atoms with Crippen LogP contribution in [0.5, 0.6) is 0 Å². The maximum Gasteiger partial charge on any atom is 0.0153 e. The Labute approximate surface area is 155 Å². The molecule has 0 radical (unpaired) electrons. The van der Waals surface area contributed by atoms with Crippen LogP contribution in [0.25, 0.3) is 0 Å². The smallest absolute Gasteiger partial charge is 0.0153 e. The van der Waals surface area contributed by atoms with Crippen LogP contribution in [0.4, 0.5) is 0 Å². The zero-order chi connectivity index (χ0) is 18.1. The van der Waals surface area contributed by atoms with Crippen LogP contribution >= 0.6 is 0 Å². The summed E-state index contributed by atoms with van der Waals surface area (Å²) < 4.78 is 0. The zero-order valence-electron chi connectivity index (χ0n) is 18.0. The van der Waals surface area contributed by atoms with E-state index in [4.69, 9.17) is 0 Å². The fourth-order valence-corrected chi connectivity index (χ4v) is 3.62. The first-order valence-electron chi connectivity index (χ1n) is 11.3. The van der Waals surface area contributed by atoms with Crippen LogP contribution in [0, 0.1) is 0 Å². The van der Waals surface area contributed by atoms with Gasteiger partial charge < -0.3 is 0 Å². The molecule has 0 aliphatic rings. The van der Waals surface area contributed by atoms with Crippen LogP contribution in [0.1, 0.15) is 131 Å². The molecule has 1 nitrogen and oxygen atoms in total. The highest BCUT2D eigenvalue weighted by molar-refractivity contribution is 4.81. The molecule has 0 aliphatic heterocycles. The van der Waals surface area contributed by atoms with Crippen LogP contribution in [-0.2, 0) is 0 Å². The minimum Gasteiger partial charge on any atom is -0.298 e. The molecule has 0 N–H and O–H groups in total. The molecular formula is C23H49N. The van der Waals surface area contributed by atoms with Gasteiger partial charge >= 0.3 is 0 Å². The van der Waals surface area contributed by atoms with Crippen LogP contribution in [0.15, 0.2) is 0 Å². The van der Waals surface area contributed by atoms with Gasteiger partial charge in [-0.05, 0) is 46.2 Å². The summed E-state index contributed by atoms with van der Waals surface area (Å²) >= 11 is 0. The number of hydrogen-bond acceptors (Lipinski definition) is 1. The van der Waals surface area contributed by atoms with Crippen LogP contribution in [0.2, 0.25) is 0 Å². The minimum atomic E-state index is 0.393. The molecule has 0 fully saturated rings. The van der Waals surface area contributed by atoms with Gasteiger partial charge in [0.1, 0.15) is 0 Å². The Hall–Kier alpha value is -0.0400. The summed E-state index contributed by atoms with van der Waals surface area (Å²) in [4.78, 5) is 2.77. The molecule has 0 bridgehead atoms. The van der Waals surface area contributed by atoms with Crippen LogP contribution < -0.4 is 0 Å². The van der Waals surface area contributed by atoms with E-state index in [1.165, 1.54) is 109 Å². The summed E-state index contributed by atoms with van der Waals surface area (Å²) in [6.07, 6.45) is 21.1. The van der Waals surface area contributed by atoms with Gasteiger partial charge in [-0.15, -0.1) is 0 Å². The quantitative estimate of drug-likeness (QED) is 0.229. The van der Waals surface area contributed by atoms with Crippen molar-refractivity contribution in [2.75, 3.05) is 13.1 Å². The molecule has 0 aromatic heterocycles. The number of unbranched alkanes of at least 4 members (excludes halogenated alkanes) is 11. The second-order valence-electron chi connectivity index (χ2n) is 8.44. The van der Waals surface area contributed by atoms with E-state index in [1.807, 2.05) is 0 Å². The van der Waals surface area contributed by atoms with Gasteiger partial charge in [0, 0.05) is 5.54 Å². The second kappa shape index (κ2) is 16.4. The monoisotopic (exact) mass is 339 g/mol. The average Bonchev–Trinajstić information content (AvgIpc) is 2.56. The summed E-state index contributed by atoms with van der Waals surface area (Å²) in [6.45, 7) is 14.5. The molecule has 0 unspecified atom stereocenters. The lowest BCUT2D eigenvalue weighted by molar-refractivity contribution is 0.104. The van der Waals surface area contributed by atoms with E-state index in [1.54, 1.807) is 0 Å². The van der Waals surface area contributed by atoms with E-state index in [0.717, 1.165) is 0 Å². The van der Waals surface area contributed by atoms with E-state index < -0.39 is 0 Å². The van der Waals surface area contributed by atoms with E-state index in [-0.39, 0.29) is 0 Å². The molecule has 1 heteroatoms. The Balaban J connectivity index is 3.78. The van der Waals surface area contributed by atoms with Crippen molar-refractivity contribution < 1.29 is 0 Å². The van der Waals surface area contributed by atoms with Crippen molar-refractivity contribution in [1.29, 1.82) is 0 Å². The van der Waals surface area contributed by atoms with Gasteiger partial charge in [0.25, 0.3) is 0 Å². The van der Waals surface area contributed by atoms with Crippen LogP contribution in [-0.4, -0.2) is 23.5 Å². The Kier molecular flexibility index (Phi) is 16.4. The Bertz CT molecular complexity index is 238. The lowest BCUT2D eigenvalue weighted by Crippen LogP contribution is -2.45. The summed E-state index contributed by atoms with van der Waals surface area (Å²) in [5, 5.41) is 0. The number of rotatable bonds is 18. The van der Waals surface area contributed by atoms with E-state index in [9.17, 15) is 0 Å². The Morgan fingerprint density at radius 1 is 0.500 bits per heavy atom. The van der Waals surface area contributed by atoms with Gasteiger partial charge in [-0.1, -0.05) is 97.8 Å². The van der Waals surface area contributed by atoms with E-state index in [2.05, 4.69) is 39.5 Å². The first kappa shape index (κ1) is 24.0. The molecule has 0 saturated heterocycles. The normalized spacial score (nSPS) is 12.2. The van der Waals surface area contributed by atoms with Gasteiger partial charge in [0.2, 0.25) is 0 Å². The van der Waals surface area contributed by atoms with Gasteiger partial charge in [-0.2, -0.15) is 0 Å². The third-order valence-electron chi connectivity index (χ3n) is 5.56. The SMILES string of the molecule is CCCCCCCCCCCCC(C)(C)N(CCCC)CCCC. The first-order valence-corrected chi connectivity index (χ1v) is 11.3. The molecule has 0 heterocycles.